The van der Waals surface area contributed by atoms with Crippen LogP contribution in [0, 0.1) is 0 Å². The second kappa shape index (κ2) is 9.43. The van der Waals surface area contributed by atoms with Gasteiger partial charge in [-0.1, -0.05) is 54.6 Å². The molecule has 2 rings (SSSR count). The molecule has 0 saturated carbocycles. The van der Waals surface area contributed by atoms with E-state index in [2.05, 4.69) is 4.79 Å². The van der Waals surface area contributed by atoms with Crippen molar-refractivity contribution in [1.29, 1.82) is 0 Å². The van der Waals surface area contributed by atoms with E-state index in [9.17, 15) is 4.79 Å². The number of hydrogen-bond donors (Lipinski definition) is 0. The average molecular weight is 310 g/mol. The van der Waals surface area contributed by atoms with Crippen molar-refractivity contribution in [2.24, 2.45) is 0 Å². The zero-order valence-corrected chi connectivity index (χ0v) is 12.7. The van der Waals surface area contributed by atoms with Crippen molar-refractivity contribution in [3.8, 4) is 0 Å². The lowest BCUT2D eigenvalue weighted by Crippen LogP contribution is -2.10. The third-order valence-electron chi connectivity index (χ3n) is 3.19. The zero-order valence-electron chi connectivity index (χ0n) is 12.7. The van der Waals surface area contributed by atoms with E-state index < -0.39 is 0 Å². The summed E-state index contributed by atoms with van der Waals surface area (Å²) >= 11 is 0. The molecule has 118 valence electrons. The van der Waals surface area contributed by atoms with E-state index in [1.54, 1.807) is 0 Å². The summed E-state index contributed by atoms with van der Waals surface area (Å²) < 4.78 is 11.1. The fraction of sp³-hybridized carbons (Fsp3) is 0.222. The average Bonchev–Trinajstić information content (AvgIpc) is 2.57. The van der Waals surface area contributed by atoms with Gasteiger partial charge in [0.05, 0.1) is 19.8 Å². The second-order valence-electron chi connectivity index (χ2n) is 4.95. The van der Waals surface area contributed by atoms with Crippen LogP contribution in [-0.2, 0) is 34.1 Å². The summed E-state index contributed by atoms with van der Waals surface area (Å²) in [6.07, 6.45) is 0.828. The van der Waals surface area contributed by atoms with Gasteiger partial charge in [-0.25, -0.2) is 0 Å². The molecule has 5 nitrogen and oxygen atoms in total. The quantitative estimate of drug-likeness (QED) is 0.406. The molecule has 0 spiro atoms. The van der Waals surface area contributed by atoms with Gasteiger partial charge in [0.1, 0.15) is 6.61 Å². The van der Waals surface area contributed by atoms with Gasteiger partial charge in [-0.05, 0) is 16.7 Å². The minimum absolute atomic E-state index is 0.122. The predicted octanol–water partition coefficient (Wildman–Crippen LogP) is 2.79. The number of rotatable bonds is 9. The van der Waals surface area contributed by atoms with Gasteiger partial charge in [0, 0.05) is 0 Å². The summed E-state index contributed by atoms with van der Waals surface area (Å²) in [6.45, 7) is 1.20. The van der Waals surface area contributed by atoms with Gasteiger partial charge in [-0.15, -0.1) is 0 Å². The van der Waals surface area contributed by atoms with E-state index in [4.69, 9.17) is 15.0 Å². The molecule has 0 saturated heterocycles. The lowest BCUT2D eigenvalue weighted by Gasteiger charge is -2.10. The minimum Gasteiger partial charge on any atom is -0.372 e. The fourth-order valence-corrected chi connectivity index (χ4v) is 2.06. The maximum absolute atomic E-state index is 11.2. The van der Waals surface area contributed by atoms with E-state index >= 15 is 0 Å². The van der Waals surface area contributed by atoms with E-state index in [0.29, 0.717) is 19.8 Å². The van der Waals surface area contributed by atoms with E-state index in [0.717, 1.165) is 22.9 Å². The molecular weight excluding hydrogens is 292 g/mol. The van der Waals surface area contributed by atoms with Crippen LogP contribution in [0.15, 0.2) is 54.6 Å². The summed E-state index contributed by atoms with van der Waals surface area (Å²) in [4.78, 5) is 13.9. The highest BCUT2D eigenvalue weighted by atomic mass is 16.5. The number of hydrogen-bond acceptors (Lipinski definition) is 3. The lowest BCUT2D eigenvalue weighted by molar-refractivity contribution is -0.120. The van der Waals surface area contributed by atoms with Gasteiger partial charge < -0.3 is 15.0 Å². The number of nitrogens with zero attached hydrogens (tertiary/aromatic N) is 2. The first-order valence-corrected chi connectivity index (χ1v) is 7.26. The number of ketones is 1. The monoisotopic (exact) mass is 310 g/mol. The van der Waals surface area contributed by atoms with Crippen LogP contribution in [0.4, 0.5) is 0 Å². The highest BCUT2D eigenvalue weighted by Gasteiger charge is 2.06. The Bertz CT molecular complexity index is 680. The maximum Gasteiger partial charge on any atom is 0.325 e. The van der Waals surface area contributed by atoms with Crippen LogP contribution in [0.25, 0.3) is 5.53 Å². The van der Waals surface area contributed by atoms with Crippen molar-refractivity contribution in [1.82, 2.24) is 0 Å². The first-order valence-electron chi connectivity index (χ1n) is 7.26. The van der Waals surface area contributed by atoms with Crippen LogP contribution >= 0.6 is 0 Å². The van der Waals surface area contributed by atoms with Crippen molar-refractivity contribution in [2.45, 2.75) is 19.8 Å². The van der Waals surface area contributed by atoms with E-state index in [1.165, 1.54) is 0 Å². The van der Waals surface area contributed by atoms with Gasteiger partial charge in [-0.2, -0.15) is 4.79 Å². The Kier molecular flexibility index (Phi) is 6.88. The normalized spacial score (nSPS) is 10.1. The highest BCUT2D eigenvalue weighted by molar-refractivity contribution is 6.25. The topological polar surface area (TPSA) is 71.9 Å². The molecule has 2 aromatic carbocycles. The van der Waals surface area contributed by atoms with Crippen LogP contribution in [0.5, 0.6) is 0 Å². The molecule has 0 aliphatic rings. The van der Waals surface area contributed by atoms with Crippen molar-refractivity contribution in [3.05, 3.63) is 76.8 Å². The Morgan fingerprint density at radius 3 is 2.17 bits per heavy atom. The number of Topliss-reactive ketones (excluding diaryl/α,β-unsaturated/α-hetero) is 1. The standard InChI is InChI=1S/C18H18N2O3/c19-20-10-18(21)14-23-13-17-9-5-4-8-16(17)12-22-11-15-6-2-1-3-7-15/h1-10H,11-14H2. The second-order valence-corrected chi connectivity index (χ2v) is 4.95. The third-order valence-corrected chi connectivity index (χ3v) is 3.19. The van der Waals surface area contributed by atoms with Crippen LogP contribution in [0.1, 0.15) is 16.7 Å². The molecule has 0 aliphatic carbocycles. The van der Waals surface area contributed by atoms with Crippen LogP contribution in [0.3, 0.4) is 0 Å². The van der Waals surface area contributed by atoms with Gasteiger partial charge in [0.15, 0.2) is 0 Å². The molecule has 2 aromatic rings. The summed E-state index contributed by atoms with van der Waals surface area (Å²) in [7, 11) is 0. The van der Waals surface area contributed by atoms with Crippen LogP contribution in [0.2, 0.25) is 0 Å². The number of carbonyl (C=O) groups is 1. The van der Waals surface area contributed by atoms with Crippen molar-refractivity contribution in [3.63, 3.8) is 0 Å². The molecule has 0 aromatic heterocycles. The SMILES string of the molecule is [N-]=[N+]=CC(=O)COCc1ccccc1COCc1ccccc1. The van der Waals surface area contributed by atoms with Crippen molar-refractivity contribution >= 4 is 12.0 Å². The predicted molar refractivity (Wildman–Crippen MR) is 85.7 cm³/mol. The van der Waals surface area contributed by atoms with Gasteiger partial charge in [-0.3, -0.25) is 4.79 Å². The maximum atomic E-state index is 11.2. The molecule has 0 aliphatic heterocycles. The van der Waals surface area contributed by atoms with Crippen molar-refractivity contribution < 1.29 is 19.1 Å². The molecule has 23 heavy (non-hydrogen) atoms. The summed E-state index contributed by atoms with van der Waals surface area (Å²) in [5, 5.41) is 0. The molecule has 0 amide bonds. The lowest BCUT2D eigenvalue weighted by atomic mass is 10.1. The van der Waals surface area contributed by atoms with Crippen molar-refractivity contribution in [2.75, 3.05) is 6.61 Å². The molecule has 0 radical (unpaired) electrons. The highest BCUT2D eigenvalue weighted by Crippen LogP contribution is 2.13. The first-order chi connectivity index (χ1) is 11.3. The van der Waals surface area contributed by atoms with E-state index in [-0.39, 0.29) is 12.4 Å². The molecular formula is C18H18N2O3. The molecule has 0 unspecified atom stereocenters. The smallest absolute Gasteiger partial charge is 0.325 e. The molecule has 0 bridgehead atoms. The largest absolute Gasteiger partial charge is 0.372 e. The van der Waals surface area contributed by atoms with Crippen LogP contribution < -0.4 is 0 Å². The minimum atomic E-state index is -0.384. The van der Waals surface area contributed by atoms with E-state index in [1.807, 2.05) is 54.6 Å². The summed E-state index contributed by atoms with van der Waals surface area (Å²) in [5.41, 5.74) is 11.4. The molecule has 0 N–H and O–H groups in total. The Morgan fingerprint density at radius 1 is 0.913 bits per heavy atom. The number of ether oxygens (including phenoxy) is 2. The summed E-state index contributed by atoms with van der Waals surface area (Å²) in [6, 6.07) is 17.7. The van der Waals surface area contributed by atoms with Gasteiger partial charge in [0.25, 0.3) is 5.78 Å². The Hall–Kier alpha value is -2.59. The fourth-order valence-electron chi connectivity index (χ4n) is 2.06. The molecule has 0 heterocycles. The van der Waals surface area contributed by atoms with Gasteiger partial charge >= 0.3 is 6.21 Å². The van der Waals surface area contributed by atoms with Crippen LogP contribution in [-0.4, -0.2) is 23.4 Å². The molecule has 0 atom stereocenters. The number of benzene rings is 2. The third kappa shape index (κ3) is 5.96. The first kappa shape index (κ1) is 16.8. The zero-order chi connectivity index (χ0) is 16.3. The number of carbonyl (C=O) groups excluding carboxylic acids is 1. The summed E-state index contributed by atoms with van der Waals surface area (Å²) in [5.74, 6) is -0.384. The Morgan fingerprint density at radius 2 is 1.52 bits per heavy atom. The molecule has 0 fully saturated rings. The van der Waals surface area contributed by atoms with Gasteiger partial charge in [0.2, 0.25) is 0 Å². The Labute approximate surface area is 135 Å². The Balaban J connectivity index is 1.84. The molecule has 5 heteroatoms.